The normalized spacial score (nSPS) is 15.8. The molecular weight excluding hydrogens is 188 g/mol. The van der Waals surface area contributed by atoms with Crippen LogP contribution in [0.25, 0.3) is 11.0 Å². The summed E-state index contributed by atoms with van der Waals surface area (Å²) in [6.45, 7) is 1.87. The number of hydrogen-bond donors (Lipinski definition) is 0. The number of hydrogen-bond acceptors (Lipinski definition) is 2. The van der Waals surface area contributed by atoms with Gasteiger partial charge >= 0.3 is 0 Å². The van der Waals surface area contributed by atoms with Gasteiger partial charge in [0.2, 0.25) is 0 Å². The summed E-state index contributed by atoms with van der Waals surface area (Å²) in [6.07, 6.45) is 6.09. The molecule has 1 aliphatic rings. The highest BCUT2D eigenvalue weighted by molar-refractivity contribution is 5.75. The van der Waals surface area contributed by atoms with E-state index < -0.39 is 0 Å². The maximum Gasteiger partial charge on any atom is 0.193 e. The summed E-state index contributed by atoms with van der Waals surface area (Å²) in [5, 5.41) is 0.740. The second kappa shape index (κ2) is 2.92. The predicted molar refractivity (Wildman–Crippen MR) is 59.0 cm³/mol. The summed E-state index contributed by atoms with van der Waals surface area (Å²) >= 11 is 0. The van der Waals surface area contributed by atoms with Crippen molar-refractivity contribution >= 4 is 11.0 Å². The standard InChI is InChI=1S/C12H12N2O/c1-8-7-14(9-4-5-9)12-10(11(8)15)3-2-6-13-12/h2-3,6-7,9H,4-5H2,1H3. The highest BCUT2D eigenvalue weighted by atomic mass is 16.1. The molecule has 1 fully saturated rings. The Labute approximate surface area is 87.4 Å². The first-order valence-electron chi connectivity index (χ1n) is 5.24. The Morgan fingerprint density at radius 1 is 1.47 bits per heavy atom. The molecule has 0 spiro atoms. The molecular formula is C12H12N2O. The van der Waals surface area contributed by atoms with Crippen LogP contribution in [-0.2, 0) is 0 Å². The lowest BCUT2D eigenvalue weighted by Gasteiger charge is -2.09. The van der Waals surface area contributed by atoms with Gasteiger partial charge in [-0.2, -0.15) is 0 Å². The summed E-state index contributed by atoms with van der Waals surface area (Å²) in [4.78, 5) is 16.2. The van der Waals surface area contributed by atoms with Gasteiger partial charge in [0.05, 0.1) is 5.39 Å². The molecule has 3 nitrogen and oxygen atoms in total. The van der Waals surface area contributed by atoms with Crippen LogP contribution in [-0.4, -0.2) is 9.55 Å². The third-order valence-corrected chi connectivity index (χ3v) is 2.91. The van der Waals surface area contributed by atoms with E-state index in [1.54, 1.807) is 6.20 Å². The van der Waals surface area contributed by atoms with Crippen LogP contribution in [0.5, 0.6) is 0 Å². The number of aryl methyl sites for hydroxylation is 1. The quantitative estimate of drug-likeness (QED) is 0.706. The highest BCUT2D eigenvalue weighted by Gasteiger charge is 2.25. The zero-order valence-electron chi connectivity index (χ0n) is 8.60. The summed E-state index contributed by atoms with van der Waals surface area (Å²) in [6, 6.07) is 4.23. The fourth-order valence-corrected chi connectivity index (χ4v) is 1.95. The van der Waals surface area contributed by atoms with Crippen molar-refractivity contribution in [2.45, 2.75) is 25.8 Å². The molecule has 15 heavy (non-hydrogen) atoms. The molecule has 0 atom stereocenters. The van der Waals surface area contributed by atoms with Crippen molar-refractivity contribution in [3.63, 3.8) is 0 Å². The molecule has 2 heterocycles. The van der Waals surface area contributed by atoms with E-state index in [0.29, 0.717) is 6.04 Å². The Hall–Kier alpha value is -1.64. The minimum absolute atomic E-state index is 0.106. The number of pyridine rings is 2. The Balaban J connectivity index is 2.45. The van der Waals surface area contributed by atoms with Gasteiger partial charge in [-0.3, -0.25) is 4.79 Å². The predicted octanol–water partition coefficient (Wildman–Crippen LogP) is 2.04. The third kappa shape index (κ3) is 1.27. The van der Waals surface area contributed by atoms with Crippen molar-refractivity contribution in [2.24, 2.45) is 0 Å². The number of fused-ring (bicyclic) bond motifs is 1. The average molecular weight is 200 g/mol. The van der Waals surface area contributed by atoms with Gasteiger partial charge in [-0.25, -0.2) is 4.98 Å². The van der Waals surface area contributed by atoms with Gasteiger partial charge in [-0.15, -0.1) is 0 Å². The molecule has 0 bridgehead atoms. The lowest BCUT2D eigenvalue weighted by atomic mass is 10.2. The van der Waals surface area contributed by atoms with Crippen molar-refractivity contribution in [1.82, 2.24) is 9.55 Å². The lowest BCUT2D eigenvalue weighted by Crippen LogP contribution is -2.12. The van der Waals surface area contributed by atoms with E-state index >= 15 is 0 Å². The minimum Gasteiger partial charge on any atom is -0.329 e. The molecule has 0 aliphatic heterocycles. The first-order valence-corrected chi connectivity index (χ1v) is 5.24. The van der Waals surface area contributed by atoms with E-state index in [-0.39, 0.29) is 5.43 Å². The number of nitrogens with zero attached hydrogens (tertiary/aromatic N) is 2. The topological polar surface area (TPSA) is 34.9 Å². The first kappa shape index (κ1) is 8.65. The van der Waals surface area contributed by atoms with E-state index in [0.717, 1.165) is 16.6 Å². The van der Waals surface area contributed by atoms with E-state index in [1.807, 2.05) is 25.3 Å². The molecule has 0 aromatic carbocycles. The molecule has 1 aliphatic carbocycles. The van der Waals surface area contributed by atoms with Crippen LogP contribution in [0, 0.1) is 6.92 Å². The van der Waals surface area contributed by atoms with Crippen LogP contribution < -0.4 is 5.43 Å². The van der Waals surface area contributed by atoms with Crippen molar-refractivity contribution < 1.29 is 0 Å². The van der Waals surface area contributed by atoms with Crippen molar-refractivity contribution in [3.8, 4) is 0 Å². The van der Waals surface area contributed by atoms with Gasteiger partial charge < -0.3 is 4.57 Å². The zero-order valence-corrected chi connectivity index (χ0v) is 8.60. The Bertz CT molecular complexity index is 582. The van der Waals surface area contributed by atoms with Crippen molar-refractivity contribution in [2.75, 3.05) is 0 Å². The number of rotatable bonds is 1. The Kier molecular flexibility index (Phi) is 1.69. The van der Waals surface area contributed by atoms with E-state index in [9.17, 15) is 4.79 Å². The van der Waals surface area contributed by atoms with Crippen LogP contribution in [0.3, 0.4) is 0 Å². The van der Waals surface area contributed by atoms with E-state index in [4.69, 9.17) is 0 Å². The van der Waals surface area contributed by atoms with Crippen LogP contribution in [0.15, 0.2) is 29.3 Å². The monoisotopic (exact) mass is 200 g/mol. The first-order chi connectivity index (χ1) is 7.27. The molecule has 0 amide bonds. The molecule has 76 valence electrons. The molecule has 0 unspecified atom stereocenters. The molecule has 0 saturated heterocycles. The molecule has 2 aromatic heterocycles. The van der Waals surface area contributed by atoms with E-state index in [2.05, 4.69) is 9.55 Å². The third-order valence-electron chi connectivity index (χ3n) is 2.91. The lowest BCUT2D eigenvalue weighted by molar-refractivity contribution is 0.752. The van der Waals surface area contributed by atoms with E-state index in [1.165, 1.54) is 12.8 Å². The maximum absolute atomic E-state index is 11.9. The van der Waals surface area contributed by atoms with Gasteiger partial charge in [0.25, 0.3) is 0 Å². The van der Waals surface area contributed by atoms with Crippen LogP contribution in [0.1, 0.15) is 24.4 Å². The highest BCUT2D eigenvalue weighted by Crippen LogP contribution is 2.36. The van der Waals surface area contributed by atoms with Crippen LogP contribution in [0.4, 0.5) is 0 Å². The second-order valence-corrected chi connectivity index (χ2v) is 4.15. The summed E-state index contributed by atoms with van der Waals surface area (Å²) < 4.78 is 2.14. The largest absolute Gasteiger partial charge is 0.329 e. The van der Waals surface area contributed by atoms with Gasteiger partial charge in [0.15, 0.2) is 5.43 Å². The average Bonchev–Trinajstić information content (AvgIpc) is 3.07. The molecule has 0 radical (unpaired) electrons. The zero-order chi connectivity index (χ0) is 10.4. The van der Waals surface area contributed by atoms with Crippen LogP contribution >= 0.6 is 0 Å². The second-order valence-electron chi connectivity index (χ2n) is 4.15. The van der Waals surface area contributed by atoms with Gasteiger partial charge in [-0.05, 0) is 31.9 Å². The van der Waals surface area contributed by atoms with Gasteiger partial charge in [0.1, 0.15) is 5.65 Å². The maximum atomic E-state index is 11.9. The molecule has 3 heteroatoms. The van der Waals surface area contributed by atoms with Crippen molar-refractivity contribution in [3.05, 3.63) is 40.3 Å². The Morgan fingerprint density at radius 3 is 3.00 bits per heavy atom. The van der Waals surface area contributed by atoms with Gasteiger partial charge in [-0.1, -0.05) is 0 Å². The molecule has 3 rings (SSSR count). The van der Waals surface area contributed by atoms with Gasteiger partial charge in [0, 0.05) is 24.0 Å². The molecule has 0 N–H and O–H groups in total. The summed E-state index contributed by atoms with van der Waals surface area (Å²) in [5.74, 6) is 0. The molecule has 1 saturated carbocycles. The fourth-order valence-electron chi connectivity index (χ4n) is 1.95. The summed E-state index contributed by atoms with van der Waals surface area (Å²) in [5.41, 5.74) is 1.74. The number of aromatic nitrogens is 2. The Morgan fingerprint density at radius 2 is 2.27 bits per heavy atom. The van der Waals surface area contributed by atoms with Crippen molar-refractivity contribution in [1.29, 1.82) is 0 Å². The molecule has 2 aromatic rings. The smallest absolute Gasteiger partial charge is 0.193 e. The SMILES string of the molecule is Cc1cn(C2CC2)c2ncccc2c1=O. The fraction of sp³-hybridized carbons (Fsp3) is 0.333. The van der Waals surface area contributed by atoms with Crippen LogP contribution in [0.2, 0.25) is 0 Å². The summed E-state index contributed by atoms with van der Waals surface area (Å²) in [7, 11) is 0. The minimum atomic E-state index is 0.106.